The lowest BCUT2D eigenvalue weighted by Crippen LogP contribution is -2.51. The Bertz CT molecular complexity index is 2760. The Labute approximate surface area is 268 Å². The topological polar surface area (TPSA) is 171 Å². The van der Waals surface area contributed by atoms with Crippen LogP contribution in [0, 0.1) is 10.4 Å². The SMILES string of the molecule is C/C=C/C=C/c1cc2c(C3=CC(=S)CC=C3)c3c(c(O)c2c(=O)[nH]1)[C@@]1(CC3)C(O)=c2c(=O)c3c(=O)cc(OC)c(=O)c=3c(=O)c2=C1O. The van der Waals surface area contributed by atoms with Crippen molar-refractivity contribution in [2.75, 3.05) is 7.11 Å². The first-order valence-corrected chi connectivity index (χ1v) is 15.1. The summed E-state index contributed by atoms with van der Waals surface area (Å²) in [5.41, 5.74) is -4.94. The highest BCUT2D eigenvalue weighted by Crippen LogP contribution is 2.56. The number of aromatic hydroxyl groups is 1. The van der Waals surface area contributed by atoms with Gasteiger partial charge in [-0.15, -0.1) is 0 Å². The van der Waals surface area contributed by atoms with E-state index >= 15 is 0 Å². The first-order valence-electron chi connectivity index (χ1n) is 14.7. The Balaban J connectivity index is 1.67. The molecule has 47 heavy (non-hydrogen) atoms. The summed E-state index contributed by atoms with van der Waals surface area (Å²) in [5.74, 6) is -2.54. The van der Waals surface area contributed by atoms with Crippen molar-refractivity contribution in [3.63, 3.8) is 0 Å². The van der Waals surface area contributed by atoms with E-state index < -0.39 is 76.6 Å². The number of H-pyrrole nitrogens is 1. The van der Waals surface area contributed by atoms with Crippen molar-refractivity contribution >= 4 is 51.0 Å². The monoisotopic (exact) mass is 647 g/mol. The summed E-state index contributed by atoms with van der Waals surface area (Å²) in [6.07, 6.45) is 13.0. The number of allylic oxidation sites excluding steroid dienone is 7. The van der Waals surface area contributed by atoms with Gasteiger partial charge in [0.15, 0.2) is 11.2 Å². The number of hydrogen-bond donors (Lipinski definition) is 4. The van der Waals surface area contributed by atoms with Gasteiger partial charge >= 0.3 is 0 Å². The molecular formula is C36H25NO9S. The largest absolute Gasteiger partial charge is 0.510 e. The lowest BCUT2D eigenvalue weighted by Gasteiger charge is -2.28. The van der Waals surface area contributed by atoms with Crippen LogP contribution in [0.4, 0.5) is 0 Å². The van der Waals surface area contributed by atoms with Crippen molar-refractivity contribution in [2.24, 2.45) is 0 Å². The van der Waals surface area contributed by atoms with Gasteiger partial charge in [-0.25, -0.2) is 0 Å². The smallest absolute Gasteiger partial charge is 0.260 e. The zero-order chi connectivity index (χ0) is 33.5. The van der Waals surface area contributed by atoms with Crippen LogP contribution >= 0.6 is 12.2 Å². The van der Waals surface area contributed by atoms with E-state index in [1.165, 1.54) is 0 Å². The number of pyridine rings is 1. The van der Waals surface area contributed by atoms with Crippen LogP contribution in [-0.4, -0.2) is 32.3 Å². The lowest BCUT2D eigenvalue weighted by atomic mass is 9.77. The second-order valence-electron chi connectivity index (χ2n) is 11.6. The fourth-order valence-electron chi connectivity index (χ4n) is 7.29. The van der Waals surface area contributed by atoms with Gasteiger partial charge in [0.1, 0.15) is 22.7 Å². The van der Waals surface area contributed by atoms with E-state index in [1.807, 2.05) is 25.2 Å². The third kappa shape index (κ3) is 3.89. The molecule has 5 aliphatic carbocycles. The molecule has 1 heterocycles. The molecule has 5 aliphatic rings. The predicted molar refractivity (Wildman–Crippen MR) is 181 cm³/mol. The molecule has 1 aromatic heterocycles. The highest BCUT2D eigenvalue weighted by Gasteiger charge is 2.54. The number of fused-ring (bicyclic) bond motifs is 4. The summed E-state index contributed by atoms with van der Waals surface area (Å²) in [7, 11) is 1.13. The van der Waals surface area contributed by atoms with Crippen LogP contribution in [0.2, 0.25) is 0 Å². The van der Waals surface area contributed by atoms with Crippen LogP contribution in [0.15, 0.2) is 72.6 Å². The predicted octanol–water partition coefficient (Wildman–Crippen LogP) is 1.82. The highest BCUT2D eigenvalue weighted by molar-refractivity contribution is 7.80. The summed E-state index contributed by atoms with van der Waals surface area (Å²) in [6, 6.07) is 2.50. The van der Waals surface area contributed by atoms with E-state index in [4.69, 9.17) is 17.0 Å². The Morgan fingerprint density at radius 3 is 2.30 bits per heavy atom. The normalized spacial score (nSPS) is 18.8. The third-order valence-electron chi connectivity index (χ3n) is 9.25. The minimum Gasteiger partial charge on any atom is -0.510 e. The van der Waals surface area contributed by atoms with Crippen LogP contribution in [0.25, 0.3) is 33.9 Å². The molecule has 0 radical (unpaired) electrons. The van der Waals surface area contributed by atoms with Crippen molar-refractivity contribution in [1.82, 2.24) is 4.98 Å². The molecule has 2 aromatic rings. The van der Waals surface area contributed by atoms with Gasteiger partial charge in [0.05, 0.1) is 33.4 Å². The Morgan fingerprint density at radius 1 is 0.936 bits per heavy atom. The molecule has 10 nitrogen and oxygen atoms in total. The summed E-state index contributed by atoms with van der Waals surface area (Å²) in [6.45, 7) is 1.85. The van der Waals surface area contributed by atoms with Crippen molar-refractivity contribution in [1.29, 1.82) is 0 Å². The van der Waals surface area contributed by atoms with E-state index in [9.17, 15) is 39.3 Å². The molecule has 0 unspecified atom stereocenters. The van der Waals surface area contributed by atoms with Crippen LogP contribution < -0.4 is 42.4 Å². The zero-order valence-corrected chi connectivity index (χ0v) is 25.8. The average molecular weight is 648 g/mol. The number of thiocarbonyl (C=S) groups is 1. The van der Waals surface area contributed by atoms with E-state index in [2.05, 4.69) is 4.98 Å². The zero-order valence-electron chi connectivity index (χ0n) is 25.0. The molecule has 11 heteroatoms. The molecule has 0 fully saturated rings. The number of rotatable bonds is 4. The molecule has 1 spiro atoms. The van der Waals surface area contributed by atoms with Gasteiger partial charge in [-0.2, -0.15) is 0 Å². The van der Waals surface area contributed by atoms with Crippen LogP contribution in [0.1, 0.15) is 42.1 Å². The second kappa shape index (κ2) is 10.4. The summed E-state index contributed by atoms with van der Waals surface area (Å²) in [5, 5.41) is 33.2. The summed E-state index contributed by atoms with van der Waals surface area (Å²) in [4.78, 5) is 70.8. The van der Waals surface area contributed by atoms with E-state index in [1.54, 1.807) is 30.4 Å². The molecule has 0 saturated carbocycles. The molecule has 0 saturated heterocycles. The lowest BCUT2D eigenvalue weighted by molar-refractivity contribution is 0.362. The Hall–Kier alpha value is -5.68. The summed E-state index contributed by atoms with van der Waals surface area (Å²) >= 11 is 5.49. The number of hydrogen-bond acceptors (Lipinski definition) is 10. The number of phenols is 1. The van der Waals surface area contributed by atoms with Crippen molar-refractivity contribution < 1.29 is 20.1 Å². The molecule has 1 aromatic carbocycles. The number of benzene rings is 1. The van der Waals surface area contributed by atoms with Gasteiger partial charge in [0.25, 0.3) is 5.56 Å². The van der Waals surface area contributed by atoms with Gasteiger partial charge in [-0.1, -0.05) is 42.6 Å². The highest BCUT2D eigenvalue weighted by atomic mass is 32.1. The van der Waals surface area contributed by atoms with Gasteiger partial charge in [-0.3, -0.25) is 24.0 Å². The van der Waals surface area contributed by atoms with Crippen LogP contribution in [-0.2, 0) is 11.8 Å². The molecule has 234 valence electrons. The molecule has 7 rings (SSSR count). The molecular weight excluding hydrogens is 622 g/mol. The number of aliphatic hydroxyl groups is 2. The van der Waals surface area contributed by atoms with E-state index in [0.29, 0.717) is 39.1 Å². The van der Waals surface area contributed by atoms with Gasteiger partial charge in [-0.05, 0) is 54.7 Å². The van der Waals surface area contributed by atoms with Gasteiger partial charge in [0.2, 0.25) is 16.3 Å². The first-order chi connectivity index (χ1) is 22.5. The molecule has 0 bridgehead atoms. The number of phenolic OH excluding ortho intramolecular Hbond substituents is 1. The fourth-order valence-corrected chi connectivity index (χ4v) is 7.52. The molecule has 1 atom stereocenters. The summed E-state index contributed by atoms with van der Waals surface area (Å²) < 4.78 is 4.95. The number of methoxy groups -OCH3 is 1. The van der Waals surface area contributed by atoms with E-state index in [0.717, 1.165) is 13.2 Å². The second-order valence-corrected chi connectivity index (χ2v) is 12.2. The molecule has 0 amide bonds. The maximum Gasteiger partial charge on any atom is 0.260 e. The van der Waals surface area contributed by atoms with Gasteiger partial charge in [0, 0.05) is 34.0 Å². The maximum absolute atomic E-state index is 13.9. The standard InChI is InChI=1S/C36H25NO9S/c1-3-4-5-8-16-13-19-22(15-7-6-9-17(47)12-15)18-10-11-36(28(18)32(42)23(19)35(45)37-16)33(43)26-27(34(36)44)31(41)25-24(30(26)40)20(38)14-21(46-2)29(25)39/h3-8,12-14,42-44H,9-11H2,1-2H3,(H,37,45)/b4-3+,8-5+/t36-/m0/s1. The first kappa shape index (κ1) is 30.0. The Morgan fingerprint density at radius 2 is 1.64 bits per heavy atom. The number of aromatic nitrogens is 1. The van der Waals surface area contributed by atoms with E-state index in [-0.39, 0.29) is 23.8 Å². The van der Waals surface area contributed by atoms with Crippen molar-refractivity contribution in [3.05, 3.63) is 143 Å². The number of aromatic amines is 1. The maximum atomic E-state index is 13.9. The molecule has 4 N–H and O–H groups in total. The van der Waals surface area contributed by atoms with Crippen molar-refractivity contribution in [2.45, 2.75) is 31.6 Å². The van der Waals surface area contributed by atoms with Gasteiger partial charge < -0.3 is 25.0 Å². The third-order valence-corrected chi connectivity index (χ3v) is 9.53. The minimum absolute atomic E-state index is 0.0650. The minimum atomic E-state index is -2.03. The Kier molecular flexibility index (Phi) is 6.66. The van der Waals surface area contributed by atoms with Crippen molar-refractivity contribution in [3.8, 4) is 11.5 Å². The number of ether oxygens (including phenoxy) is 1. The fraction of sp³-hybridized carbons (Fsp3) is 0.167. The molecule has 0 aliphatic heterocycles. The van der Waals surface area contributed by atoms with Crippen LogP contribution in [0.3, 0.4) is 0 Å². The number of aliphatic hydroxyl groups excluding tert-OH is 2. The number of nitrogens with one attached hydrogen (secondary N) is 1. The van der Waals surface area contributed by atoms with Crippen LogP contribution in [0.5, 0.6) is 11.5 Å². The average Bonchev–Trinajstić information content (AvgIpc) is 3.54. The quantitative estimate of drug-likeness (QED) is 0.189.